The summed E-state index contributed by atoms with van der Waals surface area (Å²) < 4.78 is 22.2. The molecule has 2 amide bonds. The zero-order chi connectivity index (χ0) is 16.3. The van der Waals surface area contributed by atoms with Gasteiger partial charge in [-0.1, -0.05) is 0 Å². The van der Waals surface area contributed by atoms with Crippen LogP contribution in [0.15, 0.2) is 53.4 Å². The van der Waals surface area contributed by atoms with Crippen LogP contribution in [0.4, 0.5) is 5.69 Å². The topological polar surface area (TPSA) is 106 Å². The van der Waals surface area contributed by atoms with E-state index in [-0.39, 0.29) is 4.90 Å². The third-order valence-corrected chi connectivity index (χ3v) is 4.20. The molecule has 0 aromatic heterocycles. The lowest BCUT2D eigenvalue weighted by Crippen LogP contribution is -2.14. The van der Waals surface area contributed by atoms with Crippen LogP contribution in [0.2, 0.25) is 0 Å². The Morgan fingerprint density at radius 2 is 1.41 bits per heavy atom. The molecule has 0 fully saturated rings. The standard InChI is InChI=1S/C14H11ClN2O4S/c15-22(20,21)12-7-5-11(6-8-12)17-14(19)10-3-1-9(2-4-10)13(16)18/h1-8H,(H2,16,18)(H,17,19). The van der Waals surface area contributed by atoms with Gasteiger partial charge < -0.3 is 11.1 Å². The molecule has 0 aliphatic heterocycles. The molecule has 2 aromatic carbocycles. The molecule has 8 heteroatoms. The number of hydrogen-bond acceptors (Lipinski definition) is 4. The van der Waals surface area contributed by atoms with Gasteiger partial charge in [-0.05, 0) is 48.5 Å². The van der Waals surface area contributed by atoms with Gasteiger partial charge in [0.1, 0.15) is 0 Å². The Morgan fingerprint density at radius 1 is 0.909 bits per heavy atom. The lowest BCUT2D eigenvalue weighted by atomic mass is 10.1. The molecule has 0 heterocycles. The summed E-state index contributed by atoms with van der Waals surface area (Å²) in [4.78, 5) is 22.9. The summed E-state index contributed by atoms with van der Waals surface area (Å²) in [5.41, 5.74) is 6.16. The summed E-state index contributed by atoms with van der Waals surface area (Å²) in [5.74, 6) is -0.984. The maximum atomic E-state index is 12.0. The van der Waals surface area contributed by atoms with Crippen molar-refractivity contribution in [3.63, 3.8) is 0 Å². The first-order chi connectivity index (χ1) is 10.3. The van der Waals surface area contributed by atoms with Crippen LogP contribution in [0.3, 0.4) is 0 Å². The predicted octanol–water partition coefficient (Wildman–Crippen LogP) is 1.97. The van der Waals surface area contributed by atoms with Crippen molar-refractivity contribution in [2.75, 3.05) is 5.32 Å². The zero-order valence-corrected chi connectivity index (χ0v) is 12.7. The number of benzene rings is 2. The Labute approximate surface area is 131 Å². The molecule has 114 valence electrons. The number of amides is 2. The van der Waals surface area contributed by atoms with Gasteiger partial charge >= 0.3 is 0 Å². The lowest BCUT2D eigenvalue weighted by Gasteiger charge is -2.06. The van der Waals surface area contributed by atoms with Crippen molar-refractivity contribution in [2.24, 2.45) is 5.73 Å². The minimum Gasteiger partial charge on any atom is -0.366 e. The molecule has 0 radical (unpaired) electrons. The number of primary amides is 1. The Hall–Kier alpha value is -2.38. The van der Waals surface area contributed by atoms with Crippen molar-refractivity contribution in [2.45, 2.75) is 4.90 Å². The van der Waals surface area contributed by atoms with Crippen LogP contribution >= 0.6 is 10.7 Å². The Morgan fingerprint density at radius 3 is 1.86 bits per heavy atom. The molecular formula is C14H11ClN2O4S. The molecule has 0 aliphatic carbocycles. The SMILES string of the molecule is NC(=O)c1ccc(C(=O)Nc2ccc(S(=O)(=O)Cl)cc2)cc1. The number of halogens is 1. The van der Waals surface area contributed by atoms with E-state index in [4.69, 9.17) is 16.4 Å². The molecule has 0 bridgehead atoms. The number of carbonyl (C=O) groups is 2. The second-order valence-corrected chi connectivity index (χ2v) is 6.92. The second kappa shape index (κ2) is 6.17. The first-order valence-electron chi connectivity index (χ1n) is 6.03. The third-order valence-electron chi connectivity index (χ3n) is 2.83. The summed E-state index contributed by atoms with van der Waals surface area (Å²) in [6.45, 7) is 0. The van der Waals surface area contributed by atoms with Gasteiger partial charge in [0.15, 0.2) is 0 Å². The van der Waals surface area contributed by atoms with E-state index in [1.54, 1.807) is 0 Å². The molecule has 0 saturated carbocycles. The van der Waals surface area contributed by atoms with Gasteiger partial charge in [-0.25, -0.2) is 8.42 Å². The van der Waals surface area contributed by atoms with E-state index in [1.165, 1.54) is 48.5 Å². The van der Waals surface area contributed by atoms with E-state index in [0.717, 1.165) is 0 Å². The van der Waals surface area contributed by atoms with Crippen LogP contribution in [0.1, 0.15) is 20.7 Å². The number of rotatable bonds is 4. The lowest BCUT2D eigenvalue weighted by molar-refractivity contribution is 0.0995. The van der Waals surface area contributed by atoms with Gasteiger partial charge in [0.25, 0.3) is 15.0 Å². The van der Waals surface area contributed by atoms with Crippen molar-refractivity contribution < 1.29 is 18.0 Å². The van der Waals surface area contributed by atoms with Gasteiger partial charge in [-0.15, -0.1) is 0 Å². The van der Waals surface area contributed by atoms with Crippen molar-refractivity contribution in [3.8, 4) is 0 Å². The van der Waals surface area contributed by atoms with Crippen LogP contribution in [0.25, 0.3) is 0 Å². The quantitative estimate of drug-likeness (QED) is 0.831. The Balaban J connectivity index is 2.13. The molecular weight excluding hydrogens is 328 g/mol. The van der Waals surface area contributed by atoms with Gasteiger partial charge in [0.2, 0.25) is 5.91 Å². The van der Waals surface area contributed by atoms with Crippen LogP contribution in [-0.4, -0.2) is 20.2 Å². The summed E-state index contributed by atoms with van der Waals surface area (Å²) in [7, 11) is 1.40. The highest BCUT2D eigenvalue weighted by atomic mass is 35.7. The summed E-state index contributed by atoms with van der Waals surface area (Å²) in [6, 6.07) is 11.2. The number of hydrogen-bond donors (Lipinski definition) is 2. The fourth-order valence-electron chi connectivity index (χ4n) is 1.69. The Kier molecular flexibility index (Phi) is 4.48. The van der Waals surface area contributed by atoms with E-state index in [9.17, 15) is 18.0 Å². The van der Waals surface area contributed by atoms with E-state index in [0.29, 0.717) is 16.8 Å². The van der Waals surface area contributed by atoms with Gasteiger partial charge in [-0.3, -0.25) is 9.59 Å². The largest absolute Gasteiger partial charge is 0.366 e. The first-order valence-corrected chi connectivity index (χ1v) is 8.34. The Bertz CT molecular complexity index is 815. The molecule has 0 atom stereocenters. The molecule has 0 spiro atoms. The summed E-state index contributed by atoms with van der Waals surface area (Å²) in [6.07, 6.45) is 0. The molecule has 3 N–H and O–H groups in total. The zero-order valence-electron chi connectivity index (χ0n) is 11.1. The van der Waals surface area contributed by atoms with Crippen LogP contribution in [-0.2, 0) is 9.05 Å². The van der Waals surface area contributed by atoms with Crippen molar-refractivity contribution in [3.05, 3.63) is 59.7 Å². The van der Waals surface area contributed by atoms with E-state index in [2.05, 4.69) is 5.32 Å². The maximum Gasteiger partial charge on any atom is 0.261 e. The molecule has 6 nitrogen and oxygen atoms in total. The smallest absolute Gasteiger partial charge is 0.261 e. The van der Waals surface area contributed by atoms with Crippen LogP contribution < -0.4 is 11.1 Å². The number of anilines is 1. The number of nitrogens with one attached hydrogen (secondary N) is 1. The highest BCUT2D eigenvalue weighted by Gasteiger charge is 2.11. The molecule has 0 saturated heterocycles. The van der Waals surface area contributed by atoms with Gasteiger partial charge in [-0.2, -0.15) is 0 Å². The summed E-state index contributed by atoms with van der Waals surface area (Å²) >= 11 is 0. The predicted molar refractivity (Wildman–Crippen MR) is 82.4 cm³/mol. The average Bonchev–Trinajstić information content (AvgIpc) is 2.47. The minimum atomic E-state index is -3.80. The fraction of sp³-hybridized carbons (Fsp3) is 0. The van der Waals surface area contributed by atoms with E-state index >= 15 is 0 Å². The molecule has 2 rings (SSSR count). The van der Waals surface area contributed by atoms with Crippen LogP contribution in [0.5, 0.6) is 0 Å². The molecule has 2 aromatic rings. The fourth-order valence-corrected chi connectivity index (χ4v) is 2.46. The maximum absolute atomic E-state index is 12.0. The van der Waals surface area contributed by atoms with Crippen LogP contribution in [0, 0.1) is 0 Å². The highest BCUT2D eigenvalue weighted by Crippen LogP contribution is 2.18. The second-order valence-electron chi connectivity index (χ2n) is 4.36. The molecule has 0 unspecified atom stereocenters. The van der Waals surface area contributed by atoms with Crippen molar-refractivity contribution in [1.29, 1.82) is 0 Å². The minimum absolute atomic E-state index is 0.0574. The molecule has 22 heavy (non-hydrogen) atoms. The number of nitrogens with two attached hydrogens (primary N) is 1. The first kappa shape index (κ1) is 16.0. The van der Waals surface area contributed by atoms with Gasteiger partial charge in [0.05, 0.1) is 4.90 Å². The van der Waals surface area contributed by atoms with Crippen molar-refractivity contribution in [1.82, 2.24) is 0 Å². The third kappa shape index (κ3) is 3.84. The average molecular weight is 339 g/mol. The normalized spacial score (nSPS) is 11.0. The van der Waals surface area contributed by atoms with E-state index < -0.39 is 20.9 Å². The number of carbonyl (C=O) groups excluding carboxylic acids is 2. The van der Waals surface area contributed by atoms with Gasteiger partial charge in [0, 0.05) is 27.5 Å². The highest BCUT2D eigenvalue weighted by molar-refractivity contribution is 8.13. The van der Waals surface area contributed by atoms with Crippen molar-refractivity contribution >= 4 is 37.2 Å². The summed E-state index contributed by atoms with van der Waals surface area (Å²) in [5, 5.41) is 2.59. The van der Waals surface area contributed by atoms with E-state index in [1.807, 2.05) is 0 Å². The monoisotopic (exact) mass is 338 g/mol. The molecule has 0 aliphatic rings.